The first-order valence-corrected chi connectivity index (χ1v) is 11.5. The summed E-state index contributed by atoms with van der Waals surface area (Å²) in [6, 6.07) is 0.743. The lowest BCUT2D eigenvalue weighted by atomic mass is 9.87. The van der Waals surface area contributed by atoms with Crippen molar-refractivity contribution in [2.75, 3.05) is 59.5 Å². The fraction of sp³-hybridized carbons (Fsp3) is 1.00. The molecule has 2 aliphatic rings. The van der Waals surface area contributed by atoms with Gasteiger partial charge in [0.2, 0.25) is 0 Å². The van der Waals surface area contributed by atoms with E-state index in [9.17, 15) is 0 Å². The molecule has 1 atom stereocenters. The van der Waals surface area contributed by atoms with E-state index in [1.807, 2.05) is 0 Å². The Bertz CT molecular complexity index is 345. The average molecular weight is 376 g/mol. The molecule has 1 heterocycles. The zero-order chi connectivity index (χ0) is 17.5. The Balaban J connectivity index is 1.49. The first-order chi connectivity index (χ1) is 11.5. The predicted octanol–water partition coefficient (Wildman–Crippen LogP) is 2.71. The molecule has 0 aromatic rings. The molecule has 0 aromatic heterocycles. The van der Waals surface area contributed by atoms with Gasteiger partial charge in [0.1, 0.15) is 0 Å². The van der Waals surface area contributed by atoms with Crippen LogP contribution < -0.4 is 0 Å². The van der Waals surface area contributed by atoms with E-state index in [-0.39, 0.29) is 0 Å². The molecule has 4 nitrogen and oxygen atoms in total. The number of hydrogen-bond donors (Lipinski definition) is 1. The van der Waals surface area contributed by atoms with Crippen LogP contribution in [0.15, 0.2) is 0 Å². The number of rotatable bonds is 10. The van der Waals surface area contributed by atoms with Crippen molar-refractivity contribution in [2.24, 2.45) is 5.92 Å². The van der Waals surface area contributed by atoms with Crippen LogP contribution in [-0.2, 0) is 4.74 Å². The molecule has 1 saturated carbocycles. The maximum Gasteiger partial charge on any atom is 0.0605 e. The fourth-order valence-electron chi connectivity index (χ4n) is 3.70. The molecule has 0 bridgehead atoms. The van der Waals surface area contributed by atoms with Crippen LogP contribution >= 0.6 is 22.5 Å². The molecule has 0 N–H and O–H groups in total. The lowest BCUT2D eigenvalue weighted by Gasteiger charge is -2.42. The van der Waals surface area contributed by atoms with E-state index in [1.54, 1.807) is 10.8 Å². The highest BCUT2D eigenvalue weighted by Crippen LogP contribution is 2.28. The summed E-state index contributed by atoms with van der Waals surface area (Å²) in [5, 5.41) is 0.614. The van der Waals surface area contributed by atoms with E-state index >= 15 is 0 Å². The number of thiol groups is 1. The van der Waals surface area contributed by atoms with E-state index in [2.05, 4.69) is 54.2 Å². The minimum atomic E-state index is 0.499. The first-order valence-electron chi connectivity index (χ1n) is 9.54. The van der Waals surface area contributed by atoms with Crippen LogP contribution in [-0.4, -0.2) is 91.6 Å². The Labute approximate surface area is 158 Å². The molecule has 1 aliphatic carbocycles. The van der Waals surface area contributed by atoms with Crippen LogP contribution in [0.1, 0.15) is 33.6 Å². The van der Waals surface area contributed by atoms with E-state index in [0.717, 1.165) is 31.7 Å². The van der Waals surface area contributed by atoms with Gasteiger partial charge in [0.25, 0.3) is 0 Å². The molecule has 6 heteroatoms. The molecular formula is C18H37N3OS2. The van der Waals surface area contributed by atoms with Crippen LogP contribution in [0.2, 0.25) is 0 Å². The molecule has 1 unspecified atom stereocenters. The molecule has 2 fully saturated rings. The van der Waals surface area contributed by atoms with Gasteiger partial charge in [-0.15, -0.1) is 11.7 Å². The molecule has 24 heavy (non-hydrogen) atoms. The highest BCUT2D eigenvalue weighted by molar-refractivity contribution is 8.68. The van der Waals surface area contributed by atoms with Gasteiger partial charge in [-0.3, -0.25) is 9.80 Å². The van der Waals surface area contributed by atoms with Gasteiger partial charge >= 0.3 is 0 Å². The third-order valence-electron chi connectivity index (χ3n) is 5.27. The Hall–Kier alpha value is 0.540. The van der Waals surface area contributed by atoms with Crippen molar-refractivity contribution in [2.45, 2.75) is 51.0 Å². The molecule has 0 spiro atoms. The van der Waals surface area contributed by atoms with Gasteiger partial charge in [0.05, 0.1) is 12.7 Å². The van der Waals surface area contributed by atoms with Crippen molar-refractivity contribution >= 4 is 22.5 Å². The van der Waals surface area contributed by atoms with Crippen molar-refractivity contribution in [1.29, 1.82) is 0 Å². The third-order valence-corrected chi connectivity index (χ3v) is 6.86. The van der Waals surface area contributed by atoms with Crippen molar-refractivity contribution in [1.82, 2.24) is 14.7 Å². The van der Waals surface area contributed by atoms with Crippen LogP contribution in [0.25, 0.3) is 0 Å². The quantitative estimate of drug-likeness (QED) is 0.466. The first kappa shape index (κ1) is 20.8. The summed E-state index contributed by atoms with van der Waals surface area (Å²) in [7, 11) is 3.92. The van der Waals surface area contributed by atoms with Crippen molar-refractivity contribution in [3.63, 3.8) is 0 Å². The summed E-state index contributed by atoms with van der Waals surface area (Å²) in [5.41, 5.74) is 0. The zero-order valence-corrected chi connectivity index (χ0v) is 17.7. The third kappa shape index (κ3) is 7.04. The van der Waals surface area contributed by atoms with Gasteiger partial charge in [-0.1, -0.05) is 31.6 Å². The average Bonchev–Trinajstić information content (AvgIpc) is 2.50. The second kappa shape index (κ2) is 10.6. The lowest BCUT2D eigenvalue weighted by Crippen LogP contribution is -2.50. The molecule has 0 radical (unpaired) electrons. The summed E-state index contributed by atoms with van der Waals surface area (Å²) < 4.78 is 6.08. The Morgan fingerprint density at radius 2 is 1.75 bits per heavy atom. The summed E-state index contributed by atoms with van der Waals surface area (Å²) >= 11 is 4.31. The van der Waals surface area contributed by atoms with Crippen LogP contribution in [0.5, 0.6) is 0 Å². The van der Waals surface area contributed by atoms with Crippen molar-refractivity contribution in [3.05, 3.63) is 0 Å². The van der Waals surface area contributed by atoms with Crippen molar-refractivity contribution < 1.29 is 4.74 Å². The normalized spacial score (nSPS) is 27.6. The zero-order valence-electron chi connectivity index (χ0n) is 16.0. The van der Waals surface area contributed by atoms with Crippen LogP contribution in [0.4, 0.5) is 0 Å². The van der Waals surface area contributed by atoms with Gasteiger partial charge in [0.15, 0.2) is 0 Å². The second-order valence-corrected chi connectivity index (χ2v) is 9.66. The van der Waals surface area contributed by atoms with Gasteiger partial charge in [-0.2, -0.15) is 0 Å². The van der Waals surface area contributed by atoms with Crippen LogP contribution in [0.3, 0.4) is 0 Å². The standard InChI is InChI=1S/C18H37N3OS2/c1-15(2)13-19(4)17-11-18(12-17)22-10-9-20-5-7-21(8-6-20)14-16(3)24-23/h15-18,23H,5-14H2,1-4H3. The predicted molar refractivity (Wildman–Crippen MR) is 109 cm³/mol. The molecule has 142 valence electrons. The highest BCUT2D eigenvalue weighted by Gasteiger charge is 2.32. The SMILES string of the molecule is CC(C)CN(C)C1CC(OCCN2CCN(CC(C)SS)CC2)C1. The second-order valence-electron chi connectivity index (χ2n) is 8.01. The van der Waals surface area contributed by atoms with Gasteiger partial charge in [-0.05, 0) is 25.8 Å². The highest BCUT2D eigenvalue weighted by atomic mass is 33.1. The Morgan fingerprint density at radius 1 is 1.12 bits per heavy atom. The summed E-state index contributed by atoms with van der Waals surface area (Å²) in [5.74, 6) is 0.753. The summed E-state index contributed by atoms with van der Waals surface area (Å²) in [6.07, 6.45) is 2.94. The van der Waals surface area contributed by atoms with Gasteiger partial charge in [-0.25, -0.2) is 0 Å². The summed E-state index contributed by atoms with van der Waals surface area (Å²) in [6.45, 7) is 15.9. The van der Waals surface area contributed by atoms with E-state index in [0.29, 0.717) is 11.4 Å². The maximum atomic E-state index is 6.08. The van der Waals surface area contributed by atoms with Crippen molar-refractivity contribution in [3.8, 4) is 0 Å². The molecule has 2 rings (SSSR count). The monoisotopic (exact) mass is 375 g/mol. The molecule has 1 aliphatic heterocycles. The number of hydrogen-bond acceptors (Lipinski definition) is 6. The largest absolute Gasteiger partial charge is 0.377 e. The van der Waals surface area contributed by atoms with E-state index < -0.39 is 0 Å². The minimum absolute atomic E-state index is 0.499. The number of nitrogens with zero attached hydrogens (tertiary/aromatic N) is 3. The molecule has 0 amide bonds. The topological polar surface area (TPSA) is 19.0 Å². The Morgan fingerprint density at radius 3 is 2.33 bits per heavy atom. The fourth-order valence-corrected chi connectivity index (χ4v) is 4.18. The number of ether oxygens (including phenoxy) is 1. The van der Waals surface area contributed by atoms with Gasteiger partial charge in [0, 0.05) is 57.1 Å². The minimum Gasteiger partial charge on any atom is -0.377 e. The summed E-state index contributed by atoms with van der Waals surface area (Å²) in [4.78, 5) is 7.62. The maximum absolute atomic E-state index is 6.08. The van der Waals surface area contributed by atoms with E-state index in [1.165, 1.54) is 45.6 Å². The number of piperazine rings is 1. The molecule has 1 saturated heterocycles. The smallest absolute Gasteiger partial charge is 0.0605 e. The van der Waals surface area contributed by atoms with Gasteiger partial charge < -0.3 is 9.64 Å². The molecular weight excluding hydrogens is 338 g/mol. The Kier molecular flexibility index (Phi) is 9.23. The van der Waals surface area contributed by atoms with Crippen LogP contribution in [0, 0.1) is 5.92 Å². The lowest BCUT2D eigenvalue weighted by molar-refractivity contribution is -0.0541. The van der Waals surface area contributed by atoms with E-state index in [4.69, 9.17) is 4.74 Å². The molecule has 0 aromatic carbocycles.